The highest BCUT2D eigenvalue weighted by Gasteiger charge is 2.29. The topological polar surface area (TPSA) is 83.6 Å². The third kappa shape index (κ3) is 4.43. The Hall–Kier alpha value is -2.63. The largest absolute Gasteiger partial charge is 0.325 e. The normalized spacial score (nSPS) is 13.2. The average molecular weight is 410 g/mol. The van der Waals surface area contributed by atoms with Gasteiger partial charge in [-0.05, 0) is 36.4 Å². The first-order valence-corrected chi connectivity index (χ1v) is 11.0. The first-order valence-electron chi connectivity index (χ1n) is 9.12. The van der Waals surface area contributed by atoms with Crippen LogP contribution in [0.3, 0.4) is 0 Å². The highest BCUT2D eigenvalue weighted by molar-refractivity contribution is 7.99. The van der Waals surface area contributed by atoms with Gasteiger partial charge in [0, 0.05) is 29.5 Å². The quantitative estimate of drug-likeness (QED) is 0.562. The maximum Gasteiger partial charge on any atom is 0.225 e. The van der Waals surface area contributed by atoms with E-state index in [1.165, 1.54) is 4.88 Å². The molecule has 142 valence electrons. The number of hydrogen-bond acceptors (Lipinski definition) is 6. The van der Waals surface area contributed by atoms with Gasteiger partial charge in [-0.15, -0.1) is 21.5 Å². The number of benzene rings is 1. The molecule has 0 aliphatic heterocycles. The van der Waals surface area contributed by atoms with E-state index in [9.17, 15) is 4.79 Å². The van der Waals surface area contributed by atoms with Crippen LogP contribution in [0.25, 0.3) is 0 Å². The number of nitriles is 1. The van der Waals surface area contributed by atoms with Crippen LogP contribution in [0.5, 0.6) is 0 Å². The number of rotatable bonds is 8. The summed E-state index contributed by atoms with van der Waals surface area (Å²) in [5, 5.41) is 23.7. The van der Waals surface area contributed by atoms with Crippen LogP contribution >= 0.6 is 23.1 Å². The van der Waals surface area contributed by atoms with Crippen molar-refractivity contribution in [1.82, 2.24) is 14.8 Å². The van der Waals surface area contributed by atoms with Gasteiger partial charge in [-0.25, -0.2) is 0 Å². The van der Waals surface area contributed by atoms with Gasteiger partial charge in [0.15, 0.2) is 5.16 Å². The van der Waals surface area contributed by atoms with Crippen molar-refractivity contribution in [2.24, 2.45) is 0 Å². The smallest absolute Gasteiger partial charge is 0.225 e. The summed E-state index contributed by atoms with van der Waals surface area (Å²) < 4.78 is 2.24. The van der Waals surface area contributed by atoms with Crippen molar-refractivity contribution in [1.29, 1.82) is 5.26 Å². The zero-order chi connectivity index (χ0) is 19.3. The van der Waals surface area contributed by atoms with E-state index in [4.69, 9.17) is 5.26 Å². The van der Waals surface area contributed by atoms with Crippen LogP contribution in [0.15, 0.2) is 46.9 Å². The van der Waals surface area contributed by atoms with Crippen molar-refractivity contribution in [3.05, 3.63) is 58.0 Å². The number of amides is 1. The summed E-state index contributed by atoms with van der Waals surface area (Å²) in [6, 6.07) is 13.8. The fraction of sp³-hybridized carbons (Fsp3) is 0.300. The molecule has 0 radical (unpaired) electrons. The Morgan fingerprint density at radius 2 is 2.14 bits per heavy atom. The van der Waals surface area contributed by atoms with E-state index in [2.05, 4.69) is 43.7 Å². The number of para-hydroxylation sites is 1. The second-order valence-electron chi connectivity index (χ2n) is 6.56. The number of aromatic nitrogens is 3. The summed E-state index contributed by atoms with van der Waals surface area (Å²) >= 11 is 3.29. The van der Waals surface area contributed by atoms with E-state index < -0.39 is 0 Å². The van der Waals surface area contributed by atoms with E-state index in [0.29, 0.717) is 29.5 Å². The molecule has 4 rings (SSSR count). The fourth-order valence-electron chi connectivity index (χ4n) is 2.93. The summed E-state index contributed by atoms with van der Waals surface area (Å²) in [7, 11) is 0. The number of nitrogens with zero attached hydrogens (tertiary/aromatic N) is 4. The second kappa shape index (κ2) is 8.59. The molecule has 2 heterocycles. The number of hydrogen-bond donors (Lipinski definition) is 1. The molecule has 1 aliphatic carbocycles. The van der Waals surface area contributed by atoms with E-state index in [1.807, 2.05) is 0 Å². The number of thiophene rings is 1. The van der Waals surface area contributed by atoms with Crippen LogP contribution in [0, 0.1) is 11.3 Å². The second-order valence-corrected chi connectivity index (χ2v) is 8.65. The van der Waals surface area contributed by atoms with E-state index >= 15 is 0 Å². The average Bonchev–Trinajstić information content (AvgIpc) is 3.26. The van der Waals surface area contributed by atoms with Gasteiger partial charge in [0.1, 0.15) is 11.9 Å². The maximum atomic E-state index is 12.2. The summed E-state index contributed by atoms with van der Waals surface area (Å²) in [5.41, 5.74) is 1.02. The van der Waals surface area contributed by atoms with Crippen LogP contribution in [0.1, 0.15) is 41.6 Å². The van der Waals surface area contributed by atoms with Crippen molar-refractivity contribution in [2.45, 2.75) is 36.9 Å². The van der Waals surface area contributed by atoms with Crippen LogP contribution in [-0.4, -0.2) is 26.4 Å². The first-order chi connectivity index (χ1) is 13.7. The SMILES string of the molecule is N#Cc1ccccc1NC(=O)CCSc1nnc(Cc2cccs2)n1C1CC1. The Bertz CT molecular complexity index is 1000. The van der Waals surface area contributed by atoms with Crippen LogP contribution in [0.2, 0.25) is 0 Å². The molecule has 1 N–H and O–H groups in total. The lowest BCUT2D eigenvalue weighted by Crippen LogP contribution is -2.13. The molecule has 2 aromatic heterocycles. The van der Waals surface area contributed by atoms with Crippen molar-refractivity contribution < 1.29 is 4.79 Å². The third-order valence-corrected chi connectivity index (χ3v) is 6.26. The molecule has 6 nitrogen and oxygen atoms in total. The van der Waals surface area contributed by atoms with E-state index in [0.717, 1.165) is 30.2 Å². The lowest BCUT2D eigenvalue weighted by atomic mass is 10.2. The molecule has 1 saturated carbocycles. The summed E-state index contributed by atoms with van der Waals surface area (Å²) in [6.07, 6.45) is 3.47. The van der Waals surface area contributed by atoms with Gasteiger partial charge in [0.05, 0.1) is 11.3 Å². The van der Waals surface area contributed by atoms with Crippen molar-refractivity contribution in [3.63, 3.8) is 0 Å². The number of carbonyl (C=O) groups is 1. The molecule has 3 aromatic rings. The lowest BCUT2D eigenvalue weighted by molar-refractivity contribution is -0.115. The first kappa shape index (κ1) is 18.7. The Labute approximate surface area is 171 Å². The number of thioether (sulfide) groups is 1. The molecule has 0 bridgehead atoms. The number of anilines is 1. The van der Waals surface area contributed by atoms with Crippen LogP contribution in [-0.2, 0) is 11.2 Å². The third-order valence-electron chi connectivity index (χ3n) is 4.44. The van der Waals surface area contributed by atoms with Gasteiger partial charge in [0.25, 0.3) is 0 Å². The molecule has 1 aromatic carbocycles. The molecule has 0 saturated heterocycles. The molecule has 28 heavy (non-hydrogen) atoms. The van der Waals surface area contributed by atoms with Gasteiger partial charge >= 0.3 is 0 Å². The zero-order valence-electron chi connectivity index (χ0n) is 15.2. The fourth-order valence-corrected chi connectivity index (χ4v) is 4.60. The molecule has 0 spiro atoms. The summed E-state index contributed by atoms with van der Waals surface area (Å²) in [5.74, 6) is 1.51. The molecule has 8 heteroatoms. The predicted octanol–water partition coefficient (Wildman–Crippen LogP) is 4.26. The molecule has 0 unspecified atom stereocenters. The summed E-state index contributed by atoms with van der Waals surface area (Å²) in [4.78, 5) is 13.5. The monoisotopic (exact) mass is 409 g/mol. The van der Waals surface area contributed by atoms with Crippen molar-refractivity contribution >= 4 is 34.7 Å². The van der Waals surface area contributed by atoms with Gasteiger partial charge in [0.2, 0.25) is 5.91 Å². The van der Waals surface area contributed by atoms with Gasteiger partial charge in [-0.3, -0.25) is 4.79 Å². The Morgan fingerprint density at radius 1 is 1.29 bits per heavy atom. The molecular weight excluding hydrogens is 390 g/mol. The predicted molar refractivity (Wildman–Crippen MR) is 111 cm³/mol. The molecule has 1 fully saturated rings. The number of nitrogens with one attached hydrogen (secondary N) is 1. The molecule has 1 amide bonds. The van der Waals surface area contributed by atoms with Crippen molar-refractivity contribution in [2.75, 3.05) is 11.1 Å². The summed E-state index contributed by atoms with van der Waals surface area (Å²) in [6.45, 7) is 0. The molecule has 0 atom stereocenters. The molecule has 1 aliphatic rings. The van der Waals surface area contributed by atoms with Crippen molar-refractivity contribution in [3.8, 4) is 6.07 Å². The van der Waals surface area contributed by atoms with Gasteiger partial charge < -0.3 is 9.88 Å². The van der Waals surface area contributed by atoms with E-state index in [-0.39, 0.29) is 5.91 Å². The van der Waals surface area contributed by atoms with Crippen LogP contribution < -0.4 is 5.32 Å². The minimum Gasteiger partial charge on any atom is -0.325 e. The zero-order valence-corrected chi connectivity index (χ0v) is 16.8. The Kier molecular flexibility index (Phi) is 5.74. The number of carbonyl (C=O) groups excluding carboxylic acids is 1. The lowest BCUT2D eigenvalue weighted by Gasteiger charge is -2.09. The van der Waals surface area contributed by atoms with Crippen LogP contribution in [0.4, 0.5) is 5.69 Å². The van der Waals surface area contributed by atoms with Gasteiger partial charge in [-0.2, -0.15) is 5.26 Å². The minimum absolute atomic E-state index is 0.105. The highest BCUT2D eigenvalue weighted by Crippen LogP contribution is 2.39. The maximum absolute atomic E-state index is 12.2. The molecular formula is C20H19N5OS2. The van der Waals surface area contributed by atoms with Gasteiger partial charge in [-0.1, -0.05) is 30.0 Å². The Balaban J connectivity index is 1.35. The minimum atomic E-state index is -0.105. The standard InChI is InChI=1S/C20H19N5OS2/c21-13-14-4-1-2-6-17(14)22-19(26)9-11-28-20-24-23-18(25(20)15-7-8-15)12-16-5-3-10-27-16/h1-6,10,15H,7-9,11-12H2,(H,22,26). The Morgan fingerprint density at radius 3 is 2.89 bits per heavy atom. The highest BCUT2D eigenvalue weighted by atomic mass is 32.2. The van der Waals surface area contributed by atoms with E-state index in [1.54, 1.807) is 47.4 Å².